The summed E-state index contributed by atoms with van der Waals surface area (Å²) in [6.07, 6.45) is 1.51. The number of anilines is 1. The van der Waals surface area contributed by atoms with E-state index in [0.29, 0.717) is 24.7 Å². The second-order valence-electron chi connectivity index (χ2n) is 3.66. The van der Waals surface area contributed by atoms with Crippen LogP contribution in [-0.4, -0.2) is 37.3 Å². The molecule has 18 heavy (non-hydrogen) atoms. The van der Waals surface area contributed by atoms with Gasteiger partial charge in [-0.2, -0.15) is 0 Å². The van der Waals surface area contributed by atoms with Crippen molar-refractivity contribution in [1.29, 1.82) is 0 Å². The summed E-state index contributed by atoms with van der Waals surface area (Å²) in [5, 5.41) is 2.72. The summed E-state index contributed by atoms with van der Waals surface area (Å²) in [5.41, 5.74) is 6.06. The van der Waals surface area contributed by atoms with Crippen molar-refractivity contribution >= 4 is 11.6 Å². The average Bonchev–Trinajstić information content (AvgIpc) is 2.38. The first kappa shape index (κ1) is 14.4. The quantitative estimate of drug-likeness (QED) is 0.750. The molecule has 100 valence electrons. The van der Waals surface area contributed by atoms with Crippen molar-refractivity contribution in [3.8, 4) is 5.88 Å². The van der Waals surface area contributed by atoms with E-state index in [2.05, 4.69) is 10.3 Å². The highest BCUT2D eigenvalue weighted by Gasteiger charge is 2.11. The lowest BCUT2D eigenvalue weighted by atomic mass is 10.2. The van der Waals surface area contributed by atoms with E-state index in [4.69, 9.17) is 15.2 Å². The number of carbonyl (C=O) groups is 1. The van der Waals surface area contributed by atoms with Crippen LogP contribution in [0.5, 0.6) is 5.88 Å². The molecule has 0 aliphatic carbocycles. The van der Waals surface area contributed by atoms with Crippen LogP contribution in [-0.2, 0) is 9.53 Å². The Bertz CT molecular complexity index is 363. The molecule has 0 bridgehead atoms. The standard InChI is InChI=1S/C12H19N3O3/c1-3-18-12-5-4-9(8-14-12)15-11(16)6-10(7-13)17-2/h4-5,8,10H,3,6-7,13H2,1-2H3,(H,15,16). The predicted molar refractivity (Wildman–Crippen MR) is 68.5 cm³/mol. The minimum absolute atomic E-state index is 0.154. The van der Waals surface area contributed by atoms with Crippen LogP contribution in [0.15, 0.2) is 18.3 Å². The molecule has 0 fully saturated rings. The van der Waals surface area contributed by atoms with Crippen LogP contribution in [0.2, 0.25) is 0 Å². The average molecular weight is 253 g/mol. The van der Waals surface area contributed by atoms with E-state index in [9.17, 15) is 4.79 Å². The zero-order valence-electron chi connectivity index (χ0n) is 10.7. The minimum atomic E-state index is -0.263. The van der Waals surface area contributed by atoms with Gasteiger partial charge in [0.2, 0.25) is 11.8 Å². The fourth-order valence-corrected chi connectivity index (χ4v) is 1.37. The molecule has 1 aromatic heterocycles. The lowest BCUT2D eigenvalue weighted by Crippen LogP contribution is -2.28. The minimum Gasteiger partial charge on any atom is -0.478 e. The Labute approximate surface area is 106 Å². The number of hydrogen-bond donors (Lipinski definition) is 2. The summed E-state index contributed by atoms with van der Waals surface area (Å²) < 4.78 is 10.2. The number of aromatic nitrogens is 1. The molecule has 1 amide bonds. The summed E-state index contributed by atoms with van der Waals surface area (Å²) >= 11 is 0. The van der Waals surface area contributed by atoms with E-state index < -0.39 is 0 Å². The first-order valence-corrected chi connectivity index (χ1v) is 5.81. The summed E-state index contributed by atoms with van der Waals surface area (Å²) in [4.78, 5) is 15.7. The van der Waals surface area contributed by atoms with Crippen molar-refractivity contribution in [2.75, 3.05) is 25.6 Å². The molecule has 1 unspecified atom stereocenters. The van der Waals surface area contributed by atoms with Gasteiger partial charge in [-0.05, 0) is 13.0 Å². The van der Waals surface area contributed by atoms with Crippen molar-refractivity contribution < 1.29 is 14.3 Å². The van der Waals surface area contributed by atoms with Crippen LogP contribution in [0.1, 0.15) is 13.3 Å². The Hall–Kier alpha value is -1.66. The Morgan fingerprint density at radius 2 is 2.33 bits per heavy atom. The van der Waals surface area contributed by atoms with Gasteiger partial charge in [0.05, 0.1) is 31.0 Å². The number of pyridine rings is 1. The van der Waals surface area contributed by atoms with Crippen LogP contribution in [0, 0.1) is 0 Å². The first-order valence-electron chi connectivity index (χ1n) is 5.81. The van der Waals surface area contributed by atoms with Crippen LogP contribution in [0.25, 0.3) is 0 Å². The molecule has 0 saturated carbocycles. The number of amides is 1. The van der Waals surface area contributed by atoms with Gasteiger partial charge in [-0.1, -0.05) is 0 Å². The highest BCUT2D eigenvalue weighted by Crippen LogP contribution is 2.12. The summed E-state index contributed by atoms with van der Waals surface area (Å²) in [6, 6.07) is 3.44. The maximum atomic E-state index is 11.6. The van der Waals surface area contributed by atoms with Gasteiger partial charge in [0, 0.05) is 19.7 Å². The van der Waals surface area contributed by atoms with Crippen molar-refractivity contribution in [1.82, 2.24) is 4.98 Å². The first-order chi connectivity index (χ1) is 8.69. The zero-order valence-corrected chi connectivity index (χ0v) is 10.7. The third kappa shape index (κ3) is 4.68. The van der Waals surface area contributed by atoms with Crippen molar-refractivity contribution in [2.24, 2.45) is 5.73 Å². The van der Waals surface area contributed by atoms with Gasteiger partial charge < -0.3 is 20.5 Å². The molecule has 1 atom stereocenters. The monoisotopic (exact) mass is 253 g/mol. The van der Waals surface area contributed by atoms with Crippen LogP contribution in [0.4, 0.5) is 5.69 Å². The topological polar surface area (TPSA) is 86.5 Å². The molecule has 0 saturated heterocycles. The fourth-order valence-electron chi connectivity index (χ4n) is 1.37. The van der Waals surface area contributed by atoms with Gasteiger partial charge >= 0.3 is 0 Å². The molecule has 6 heteroatoms. The van der Waals surface area contributed by atoms with E-state index >= 15 is 0 Å². The molecule has 3 N–H and O–H groups in total. The van der Waals surface area contributed by atoms with Crippen molar-refractivity contribution in [2.45, 2.75) is 19.4 Å². The van der Waals surface area contributed by atoms with Crippen LogP contribution < -0.4 is 15.8 Å². The van der Waals surface area contributed by atoms with E-state index in [1.54, 1.807) is 18.3 Å². The third-order valence-corrected chi connectivity index (χ3v) is 2.32. The van der Waals surface area contributed by atoms with Gasteiger partial charge in [0.15, 0.2) is 0 Å². The maximum absolute atomic E-state index is 11.6. The van der Waals surface area contributed by atoms with Gasteiger partial charge in [-0.3, -0.25) is 4.79 Å². The second-order valence-corrected chi connectivity index (χ2v) is 3.66. The van der Waals surface area contributed by atoms with E-state index in [-0.39, 0.29) is 18.4 Å². The number of rotatable bonds is 7. The normalized spacial score (nSPS) is 11.9. The Balaban J connectivity index is 2.48. The number of methoxy groups -OCH3 is 1. The molecule has 1 heterocycles. The summed E-state index contributed by atoms with van der Waals surface area (Å²) in [7, 11) is 1.53. The number of carbonyl (C=O) groups excluding carboxylic acids is 1. The lowest BCUT2D eigenvalue weighted by molar-refractivity contribution is -0.118. The highest BCUT2D eigenvalue weighted by atomic mass is 16.5. The van der Waals surface area contributed by atoms with E-state index in [1.165, 1.54) is 7.11 Å². The smallest absolute Gasteiger partial charge is 0.227 e. The summed E-state index contributed by atoms with van der Waals surface area (Å²) in [6.45, 7) is 2.76. The molecule has 0 aliphatic rings. The van der Waals surface area contributed by atoms with E-state index in [1.807, 2.05) is 6.92 Å². The Kier molecular flexibility index (Phi) is 6.10. The largest absolute Gasteiger partial charge is 0.478 e. The molecule has 0 aromatic carbocycles. The summed E-state index contributed by atoms with van der Waals surface area (Å²) in [5.74, 6) is 0.380. The Morgan fingerprint density at radius 1 is 1.56 bits per heavy atom. The molecule has 1 aromatic rings. The predicted octanol–water partition coefficient (Wildman–Crippen LogP) is 0.783. The van der Waals surface area contributed by atoms with E-state index in [0.717, 1.165) is 0 Å². The molecule has 0 spiro atoms. The molecule has 1 rings (SSSR count). The van der Waals surface area contributed by atoms with Gasteiger partial charge in [0.25, 0.3) is 0 Å². The number of nitrogens with zero attached hydrogens (tertiary/aromatic N) is 1. The van der Waals surface area contributed by atoms with Crippen molar-refractivity contribution in [3.05, 3.63) is 18.3 Å². The third-order valence-electron chi connectivity index (χ3n) is 2.32. The maximum Gasteiger partial charge on any atom is 0.227 e. The fraction of sp³-hybridized carbons (Fsp3) is 0.500. The molecular formula is C12H19N3O3. The second kappa shape index (κ2) is 7.62. The van der Waals surface area contributed by atoms with Crippen LogP contribution in [0.3, 0.4) is 0 Å². The molecule has 6 nitrogen and oxygen atoms in total. The highest BCUT2D eigenvalue weighted by molar-refractivity contribution is 5.90. The molecular weight excluding hydrogens is 234 g/mol. The number of hydrogen-bond acceptors (Lipinski definition) is 5. The van der Waals surface area contributed by atoms with Gasteiger partial charge in [0.1, 0.15) is 0 Å². The number of nitrogens with one attached hydrogen (secondary N) is 1. The zero-order chi connectivity index (χ0) is 13.4. The SMILES string of the molecule is CCOc1ccc(NC(=O)CC(CN)OC)cn1. The number of ether oxygens (including phenoxy) is 2. The molecule has 0 aliphatic heterocycles. The Morgan fingerprint density at radius 3 is 2.83 bits per heavy atom. The van der Waals surface area contributed by atoms with Crippen molar-refractivity contribution in [3.63, 3.8) is 0 Å². The number of nitrogens with two attached hydrogens (primary N) is 1. The van der Waals surface area contributed by atoms with Gasteiger partial charge in [-0.25, -0.2) is 4.98 Å². The van der Waals surface area contributed by atoms with Crippen LogP contribution >= 0.6 is 0 Å². The lowest BCUT2D eigenvalue weighted by Gasteiger charge is -2.12. The van der Waals surface area contributed by atoms with Gasteiger partial charge in [-0.15, -0.1) is 0 Å². The molecule has 0 radical (unpaired) electrons.